The molecule has 2 aromatic carbocycles. The first-order chi connectivity index (χ1) is 12.0. The van der Waals surface area contributed by atoms with E-state index >= 15 is 0 Å². The normalized spacial score (nSPS) is 16.9. The zero-order valence-corrected chi connectivity index (χ0v) is 14.4. The molecule has 1 saturated heterocycles. The molecular weight excluding hydrogens is 348 g/mol. The van der Waals surface area contributed by atoms with Gasteiger partial charge in [-0.2, -0.15) is 4.31 Å². The molecule has 0 aromatic heterocycles. The van der Waals surface area contributed by atoms with Crippen LogP contribution in [0.4, 0.5) is 8.78 Å². The highest BCUT2D eigenvalue weighted by molar-refractivity contribution is 7.89. The molecule has 0 N–H and O–H groups in total. The highest BCUT2D eigenvalue weighted by Gasteiger charge is 2.30. The molecule has 0 atom stereocenters. The molecule has 1 fully saturated rings. The summed E-state index contributed by atoms with van der Waals surface area (Å²) in [4.78, 5) is -0.227. The quantitative estimate of drug-likeness (QED) is 0.814. The summed E-state index contributed by atoms with van der Waals surface area (Å²) in [5.41, 5.74) is 1.07. The lowest BCUT2D eigenvalue weighted by Crippen LogP contribution is -2.40. The largest absolute Gasteiger partial charge is 0.373 e. The molecule has 1 heterocycles. The Bertz CT molecular complexity index is 819. The van der Waals surface area contributed by atoms with Crippen molar-refractivity contribution in [3.63, 3.8) is 0 Å². The molecular formula is C18H19F2NO3S. The Labute approximate surface area is 146 Å². The van der Waals surface area contributed by atoms with Crippen LogP contribution in [-0.2, 0) is 21.4 Å². The van der Waals surface area contributed by atoms with Crippen molar-refractivity contribution >= 4 is 10.0 Å². The van der Waals surface area contributed by atoms with Crippen LogP contribution in [0.3, 0.4) is 0 Å². The molecule has 3 rings (SSSR count). The van der Waals surface area contributed by atoms with Crippen molar-refractivity contribution in [1.82, 2.24) is 4.31 Å². The first kappa shape index (κ1) is 18.0. The Hall–Kier alpha value is -1.83. The van der Waals surface area contributed by atoms with Gasteiger partial charge in [0.15, 0.2) is 11.6 Å². The van der Waals surface area contributed by atoms with E-state index in [4.69, 9.17) is 4.74 Å². The van der Waals surface area contributed by atoms with Crippen LogP contribution >= 0.6 is 0 Å². The second-order valence-electron chi connectivity index (χ2n) is 5.98. The predicted molar refractivity (Wildman–Crippen MR) is 89.4 cm³/mol. The molecule has 25 heavy (non-hydrogen) atoms. The second-order valence-corrected chi connectivity index (χ2v) is 7.91. The molecule has 1 aliphatic heterocycles. The summed E-state index contributed by atoms with van der Waals surface area (Å²) in [7, 11) is -3.82. The van der Waals surface area contributed by atoms with Crippen molar-refractivity contribution in [3.8, 4) is 0 Å². The maximum atomic E-state index is 13.3. The number of benzene rings is 2. The highest BCUT2D eigenvalue weighted by Crippen LogP contribution is 2.23. The number of hydrogen-bond acceptors (Lipinski definition) is 3. The summed E-state index contributed by atoms with van der Waals surface area (Å²) in [6.45, 7) is 1.07. The van der Waals surface area contributed by atoms with E-state index in [2.05, 4.69) is 0 Å². The fourth-order valence-corrected chi connectivity index (χ4v) is 4.30. The van der Waals surface area contributed by atoms with Gasteiger partial charge in [0.05, 0.1) is 17.6 Å². The maximum Gasteiger partial charge on any atom is 0.243 e. The summed E-state index contributed by atoms with van der Waals surface area (Å²) < 4.78 is 58.5. The SMILES string of the molecule is O=S(=O)(c1ccc(F)c(F)c1)N1CCC(OCc2ccccc2)CC1. The van der Waals surface area contributed by atoms with Crippen LogP contribution in [0.5, 0.6) is 0 Å². The molecule has 2 aromatic rings. The molecule has 0 spiro atoms. The number of rotatable bonds is 5. The van der Waals surface area contributed by atoms with Gasteiger partial charge in [-0.3, -0.25) is 0 Å². The lowest BCUT2D eigenvalue weighted by Gasteiger charge is -2.31. The number of hydrogen-bond donors (Lipinski definition) is 0. The highest BCUT2D eigenvalue weighted by atomic mass is 32.2. The zero-order chi connectivity index (χ0) is 17.9. The van der Waals surface area contributed by atoms with Crippen LogP contribution in [0.1, 0.15) is 18.4 Å². The molecule has 4 nitrogen and oxygen atoms in total. The van der Waals surface area contributed by atoms with Gasteiger partial charge < -0.3 is 4.74 Å². The molecule has 0 bridgehead atoms. The third-order valence-corrected chi connectivity index (χ3v) is 6.15. The first-order valence-electron chi connectivity index (χ1n) is 8.07. The number of sulfonamides is 1. The fraction of sp³-hybridized carbons (Fsp3) is 0.333. The van der Waals surface area contributed by atoms with Gasteiger partial charge in [0.1, 0.15) is 0 Å². The number of ether oxygens (including phenoxy) is 1. The molecule has 0 amide bonds. The summed E-state index contributed by atoms with van der Waals surface area (Å²) in [5, 5.41) is 0. The van der Waals surface area contributed by atoms with E-state index < -0.39 is 21.7 Å². The van der Waals surface area contributed by atoms with Crippen molar-refractivity contribution in [1.29, 1.82) is 0 Å². The molecule has 0 radical (unpaired) electrons. The molecule has 1 aliphatic rings. The van der Waals surface area contributed by atoms with Crippen molar-refractivity contribution in [2.24, 2.45) is 0 Å². The minimum Gasteiger partial charge on any atom is -0.373 e. The van der Waals surface area contributed by atoms with Crippen LogP contribution in [0.25, 0.3) is 0 Å². The Morgan fingerprint density at radius 2 is 1.68 bits per heavy atom. The summed E-state index contributed by atoms with van der Waals surface area (Å²) >= 11 is 0. The Morgan fingerprint density at radius 3 is 2.32 bits per heavy atom. The molecule has 0 saturated carbocycles. The van der Waals surface area contributed by atoms with E-state index in [1.807, 2.05) is 30.3 Å². The number of nitrogens with zero attached hydrogens (tertiary/aromatic N) is 1. The van der Waals surface area contributed by atoms with Crippen LogP contribution in [0.15, 0.2) is 53.4 Å². The minimum atomic E-state index is -3.82. The predicted octanol–water partition coefficient (Wildman–Crippen LogP) is 3.33. The van der Waals surface area contributed by atoms with Gasteiger partial charge in [0.25, 0.3) is 0 Å². The van der Waals surface area contributed by atoms with Crippen LogP contribution < -0.4 is 0 Å². The van der Waals surface area contributed by atoms with Gasteiger partial charge in [-0.1, -0.05) is 30.3 Å². The van der Waals surface area contributed by atoms with E-state index in [-0.39, 0.29) is 11.0 Å². The Morgan fingerprint density at radius 1 is 1.00 bits per heavy atom. The average Bonchev–Trinajstić information content (AvgIpc) is 2.63. The lowest BCUT2D eigenvalue weighted by atomic mass is 10.1. The van der Waals surface area contributed by atoms with E-state index in [9.17, 15) is 17.2 Å². The molecule has 0 unspecified atom stereocenters. The Kier molecular flexibility index (Phi) is 5.46. The van der Waals surface area contributed by atoms with Crippen LogP contribution in [0.2, 0.25) is 0 Å². The van der Waals surface area contributed by atoms with Gasteiger partial charge in [-0.05, 0) is 36.6 Å². The van der Waals surface area contributed by atoms with Crippen molar-refractivity contribution in [2.45, 2.75) is 30.4 Å². The second kappa shape index (κ2) is 7.59. The molecule has 7 heteroatoms. The number of piperidine rings is 1. The minimum absolute atomic E-state index is 0.0170. The van der Waals surface area contributed by atoms with Gasteiger partial charge in [0, 0.05) is 13.1 Å². The molecule has 0 aliphatic carbocycles. The lowest BCUT2D eigenvalue weighted by molar-refractivity contribution is 0.0102. The van der Waals surface area contributed by atoms with E-state index in [1.165, 1.54) is 4.31 Å². The van der Waals surface area contributed by atoms with Crippen molar-refractivity contribution in [2.75, 3.05) is 13.1 Å². The van der Waals surface area contributed by atoms with E-state index in [0.717, 1.165) is 23.8 Å². The van der Waals surface area contributed by atoms with Gasteiger partial charge in [-0.25, -0.2) is 17.2 Å². The van der Waals surface area contributed by atoms with Gasteiger partial charge >= 0.3 is 0 Å². The van der Waals surface area contributed by atoms with Crippen LogP contribution in [-0.4, -0.2) is 31.9 Å². The molecule has 134 valence electrons. The average molecular weight is 367 g/mol. The van der Waals surface area contributed by atoms with Crippen molar-refractivity contribution < 1.29 is 21.9 Å². The third-order valence-electron chi connectivity index (χ3n) is 4.26. The summed E-state index contributed by atoms with van der Waals surface area (Å²) in [6, 6.07) is 12.4. The summed E-state index contributed by atoms with van der Waals surface area (Å²) in [5.74, 6) is -2.23. The monoisotopic (exact) mass is 367 g/mol. The van der Waals surface area contributed by atoms with E-state index in [1.54, 1.807) is 0 Å². The standard InChI is InChI=1S/C18H19F2NO3S/c19-17-7-6-16(12-18(17)20)25(22,23)21-10-8-15(9-11-21)24-13-14-4-2-1-3-5-14/h1-7,12,15H,8-11,13H2. The fourth-order valence-electron chi connectivity index (χ4n) is 2.81. The van der Waals surface area contributed by atoms with E-state index in [0.29, 0.717) is 32.5 Å². The Balaban J connectivity index is 1.58. The summed E-state index contributed by atoms with van der Waals surface area (Å²) in [6.07, 6.45) is 1.11. The topological polar surface area (TPSA) is 46.6 Å². The third kappa shape index (κ3) is 4.23. The van der Waals surface area contributed by atoms with Gasteiger partial charge in [0.2, 0.25) is 10.0 Å². The van der Waals surface area contributed by atoms with Crippen LogP contribution in [0, 0.1) is 11.6 Å². The van der Waals surface area contributed by atoms with Gasteiger partial charge in [-0.15, -0.1) is 0 Å². The zero-order valence-electron chi connectivity index (χ0n) is 13.6. The van der Waals surface area contributed by atoms with Crippen molar-refractivity contribution in [3.05, 3.63) is 65.7 Å². The smallest absolute Gasteiger partial charge is 0.243 e. The maximum absolute atomic E-state index is 13.3. The first-order valence-corrected chi connectivity index (χ1v) is 9.51. The number of halogens is 2.